The molecule has 2 fully saturated rings. The third kappa shape index (κ3) is 8.07. The van der Waals surface area contributed by atoms with Crippen molar-refractivity contribution in [2.24, 2.45) is 0 Å². The summed E-state index contributed by atoms with van der Waals surface area (Å²) in [7, 11) is -3.50. The number of sulfonamides is 1. The van der Waals surface area contributed by atoms with Gasteiger partial charge in [-0.3, -0.25) is 14.8 Å². The molecule has 3 aliphatic heterocycles. The molecule has 10 nitrogen and oxygen atoms in total. The van der Waals surface area contributed by atoms with Crippen LogP contribution in [0.2, 0.25) is 0 Å². The van der Waals surface area contributed by atoms with Crippen LogP contribution in [0.3, 0.4) is 0 Å². The zero-order chi connectivity index (χ0) is 33.2. The molecule has 2 saturated heterocycles. The molecule has 0 atom stereocenters. The van der Waals surface area contributed by atoms with Crippen molar-refractivity contribution in [2.75, 3.05) is 39.0 Å². The lowest BCUT2D eigenvalue weighted by molar-refractivity contribution is -0.580. The summed E-state index contributed by atoms with van der Waals surface area (Å²) in [4.78, 5) is 28.9. The number of alkyl halides is 3. The zero-order valence-electron chi connectivity index (χ0n) is 26.8. The number of amides is 2. The molecule has 2 aromatic rings. The molecule has 2 N–H and O–H groups in total. The van der Waals surface area contributed by atoms with Gasteiger partial charge in [0.1, 0.15) is 6.54 Å². The Labute approximate surface area is 268 Å². The topological polar surface area (TPSA) is 112 Å². The Kier molecular flexibility index (Phi) is 10.4. The Morgan fingerprint density at radius 2 is 1.83 bits per heavy atom. The summed E-state index contributed by atoms with van der Waals surface area (Å²) in [5.74, 6) is -0.0968. The summed E-state index contributed by atoms with van der Waals surface area (Å²) in [5.41, 5.74) is 2.40. The number of nitrogens with zero attached hydrogens (tertiary/aromatic N) is 5. The maximum Gasteiger partial charge on any atom is 0.416 e. The van der Waals surface area contributed by atoms with Gasteiger partial charge in [-0.15, -0.1) is 0 Å². The van der Waals surface area contributed by atoms with E-state index in [1.165, 1.54) is 27.8 Å². The van der Waals surface area contributed by atoms with Crippen molar-refractivity contribution in [3.8, 4) is 11.3 Å². The maximum atomic E-state index is 14.0. The fraction of sp³-hybridized carbons (Fsp3) is 0.594. The number of hydrogen-bond donors (Lipinski definition) is 1. The number of primary amides is 1. The molecule has 0 aliphatic carbocycles. The van der Waals surface area contributed by atoms with Crippen molar-refractivity contribution in [3.05, 3.63) is 52.2 Å². The van der Waals surface area contributed by atoms with E-state index in [-0.39, 0.29) is 30.5 Å². The van der Waals surface area contributed by atoms with Gasteiger partial charge in [0.05, 0.1) is 17.5 Å². The van der Waals surface area contributed by atoms with E-state index in [9.17, 15) is 31.2 Å². The van der Waals surface area contributed by atoms with Crippen LogP contribution >= 0.6 is 0 Å². The lowest BCUT2D eigenvalue weighted by atomic mass is 9.97. The largest absolute Gasteiger partial charge is 0.416 e. The highest BCUT2D eigenvalue weighted by Gasteiger charge is 2.36. The third-order valence-corrected chi connectivity index (χ3v) is 10.4. The molecule has 46 heavy (non-hydrogen) atoms. The van der Waals surface area contributed by atoms with Crippen molar-refractivity contribution in [1.29, 1.82) is 0 Å². The van der Waals surface area contributed by atoms with Crippen LogP contribution in [0.5, 0.6) is 0 Å². The van der Waals surface area contributed by atoms with Crippen LogP contribution in [0.15, 0.2) is 29.8 Å². The number of piperidine rings is 1. The summed E-state index contributed by atoms with van der Waals surface area (Å²) in [5, 5.41) is 6.11. The Balaban J connectivity index is 1.36. The average molecular weight is 666 g/mol. The first-order valence-electron chi connectivity index (χ1n) is 16.0. The van der Waals surface area contributed by atoms with E-state index in [4.69, 9.17) is 5.10 Å². The van der Waals surface area contributed by atoms with Crippen molar-refractivity contribution >= 4 is 21.8 Å². The number of benzene rings is 1. The van der Waals surface area contributed by atoms with E-state index >= 15 is 0 Å². The van der Waals surface area contributed by atoms with E-state index in [1.807, 2.05) is 9.58 Å². The summed E-state index contributed by atoms with van der Waals surface area (Å²) in [6.07, 6.45) is 2.70. The second-order valence-electron chi connectivity index (χ2n) is 12.9. The Morgan fingerprint density at radius 1 is 1.09 bits per heavy atom. The standard InChI is InChI=1S/C32H43F3N6O4S/c1-22(2)18-29(42)36-20-24-19-23(7-8-27(24)32(33,34)35)31-26-21-39(46(3,44)45)17-11-28(26)41(37-31)14-5-12-38-15-9-25(10-16-38)40-13-4-6-30(40)43/h7-8,18-19,25H,4-6,9-17,20-21H2,1-3H3,(H,36,42)/p+1. The fourth-order valence-corrected chi connectivity index (χ4v) is 7.65. The first-order chi connectivity index (χ1) is 21.7. The molecule has 0 spiro atoms. The highest BCUT2D eigenvalue weighted by atomic mass is 32.2. The van der Waals surface area contributed by atoms with Gasteiger partial charge in [0.25, 0.3) is 0 Å². The predicted octanol–water partition coefficient (Wildman–Crippen LogP) is 2.92. The summed E-state index contributed by atoms with van der Waals surface area (Å²) >= 11 is 0. The summed E-state index contributed by atoms with van der Waals surface area (Å²) < 4.78 is 70.1. The van der Waals surface area contributed by atoms with Gasteiger partial charge in [-0.05, 0) is 58.2 Å². The minimum absolute atomic E-state index is 0.0429. The van der Waals surface area contributed by atoms with E-state index in [0.29, 0.717) is 48.8 Å². The van der Waals surface area contributed by atoms with Gasteiger partial charge >= 0.3 is 12.1 Å². The van der Waals surface area contributed by atoms with Crippen LogP contribution in [0.4, 0.5) is 13.2 Å². The molecule has 252 valence electrons. The van der Waals surface area contributed by atoms with Gasteiger partial charge in [0, 0.05) is 86.6 Å². The number of aromatic nitrogens is 2. The van der Waals surface area contributed by atoms with E-state index in [2.05, 4.69) is 4.90 Å². The fourth-order valence-electron chi connectivity index (χ4n) is 6.86. The first kappa shape index (κ1) is 34.3. The predicted molar refractivity (Wildman–Crippen MR) is 167 cm³/mol. The van der Waals surface area contributed by atoms with Gasteiger partial charge in [0.2, 0.25) is 15.9 Å². The third-order valence-electron chi connectivity index (χ3n) is 9.16. The van der Waals surface area contributed by atoms with E-state index < -0.39 is 21.8 Å². The molecule has 1 aromatic heterocycles. The number of fused-ring (bicyclic) bond motifs is 1. The number of aryl methyl sites for hydroxylation is 1. The van der Waals surface area contributed by atoms with Crippen molar-refractivity contribution in [3.63, 3.8) is 0 Å². The number of hydrogen-bond acceptors (Lipinski definition) is 6. The average Bonchev–Trinajstić information content (AvgIpc) is 3.58. The van der Waals surface area contributed by atoms with Crippen LogP contribution in [0.25, 0.3) is 11.3 Å². The molecule has 0 saturated carbocycles. The highest BCUT2D eigenvalue weighted by molar-refractivity contribution is 7.88. The number of allylic oxidation sites excluding steroid dienone is 1. The number of quaternary nitrogens is 1. The van der Waals surface area contributed by atoms with Crippen molar-refractivity contribution in [1.82, 2.24) is 23.9 Å². The Bertz CT molecular complexity index is 1590. The van der Waals surface area contributed by atoms with Crippen LogP contribution in [-0.4, -0.2) is 89.1 Å². The number of carbonyl (C=O) groups excluding carboxylic acids is 2. The molecular weight excluding hydrogens is 621 g/mol. The quantitative estimate of drug-likeness (QED) is 0.391. The van der Waals surface area contributed by atoms with Gasteiger partial charge < -0.3 is 9.80 Å². The SMILES string of the molecule is CC(C)=CC(=O)[NH2+]Cc1cc(-c2nn(CCCN3CCC(N4CCCC4=O)CC3)c3c2CN(S(C)(=O)=O)CC3)ccc1C(F)(F)F. The molecule has 0 unspecified atom stereocenters. The van der Waals surface area contributed by atoms with Crippen LogP contribution in [0, 0.1) is 0 Å². The number of nitrogens with two attached hydrogens (primary N) is 1. The lowest BCUT2D eigenvalue weighted by Crippen LogP contribution is -2.86. The summed E-state index contributed by atoms with van der Waals surface area (Å²) in [6, 6.07) is 4.15. The highest BCUT2D eigenvalue weighted by Crippen LogP contribution is 2.36. The smallest absolute Gasteiger partial charge is 0.340 e. The molecule has 14 heteroatoms. The van der Waals surface area contributed by atoms with E-state index in [0.717, 1.165) is 75.5 Å². The van der Waals surface area contributed by atoms with Crippen molar-refractivity contribution in [2.45, 2.75) is 84.2 Å². The van der Waals surface area contributed by atoms with Gasteiger partial charge in [0.15, 0.2) is 0 Å². The van der Waals surface area contributed by atoms with Crippen LogP contribution in [-0.2, 0) is 51.8 Å². The van der Waals surface area contributed by atoms with Gasteiger partial charge in [-0.2, -0.15) is 22.6 Å². The lowest BCUT2D eigenvalue weighted by Gasteiger charge is -2.36. The zero-order valence-corrected chi connectivity index (χ0v) is 27.6. The minimum Gasteiger partial charge on any atom is -0.340 e. The first-order valence-corrected chi connectivity index (χ1v) is 17.8. The van der Waals surface area contributed by atoms with Crippen LogP contribution in [0.1, 0.15) is 68.3 Å². The number of likely N-dealkylation sites (tertiary alicyclic amines) is 2. The van der Waals surface area contributed by atoms with Crippen molar-refractivity contribution < 1.29 is 36.5 Å². The Hall–Kier alpha value is -3.07. The maximum absolute atomic E-state index is 14.0. The normalized spacial score (nSPS) is 18.7. The molecule has 1 aromatic carbocycles. The Morgan fingerprint density at radius 3 is 2.46 bits per heavy atom. The second-order valence-corrected chi connectivity index (χ2v) is 14.8. The molecular formula is C32H44F3N6O4S+. The number of rotatable bonds is 10. The molecule has 3 aliphatic rings. The molecule has 0 radical (unpaired) electrons. The van der Waals surface area contributed by atoms with E-state index in [1.54, 1.807) is 13.8 Å². The number of carbonyl (C=O) groups is 2. The summed E-state index contributed by atoms with van der Waals surface area (Å²) in [6.45, 7) is 7.81. The monoisotopic (exact) mass is 665 g/mol. The molecule has 5 rings (SSSR count). The van der Waals surface area contributed by atoms with Gasteiger partial charge in [-0.1, -0.05) is 11.6 Å². The molecule has 2 amide bonds. The van der Waals surface area contributed by atoms with Gasteiger partial charge in [-0.25, -0.2) is 13.2 Å². The number of halogens is 3. The second kappa shape index (κ2) is 14.0. The molecule has 0 bridgehead atoms. The minimum atomic E-state index is -4.61. The van der Waals surface area contributed by atoms with Crippen LogP contribution < -0.4 is 5.32 Å². The molecule has 4 heterocycles.